The van der Waals surface area contributed by atoms with Gasteiger partial charge in [0, 0.05) is 23.5 Å². The molecule has 0 fully saturated rings. The lowest BCUT2D eigenvalue weighted by molar-refractivity contribution is -0.274. The largest absolute Gasteiger partial charge is 0.573 e. The molecule has 3 rings (SSSR count). The first-order valence-corrected chi connectivity index (χ1v) is 8.04. The highest BCUT2D eigenvalue weighted by atomic mass is 32.2. The first kappa shape index (κ1) is 16.1. The Bertz CT molecular complexity index is 966. The van der Waals surface area contributed by atoms with E-state index in [-0.39, 0.29) is 10.6 Å². The zero-order chi connectivity index (χ0) is 17.4. The number of rotatable bonds is 4. The van der Waals surface area contributed by atoms with E-state index in [4.69, 9.17) is 0 Å². The van der Waals surface area contributed by atoms with Crippen LogP contribution in [-0.4, -0.2) is 24.7 Å². The minimum atomic E-state index is -4.81. The Kier molecular flexibility index (Phi) is 3.84. The zero-order valence-corrected chi connectivity index (χ0v) is 12.6. The van der Waals surface area contributed by atoms with Gasteiger partial charge in [-0.2, -0.15) is 0 Å². The molecule has 0 unspecified atom stereocenters. The summed E-state index contributed by atoms with van der Waals surface area (Å²) in [6, 6.07) is 7.56. The molecule has 0 spiro atoms. The van der Waals surface area contributed by atoms with Crippen LogP contribution in [0.5, 0.6) is 5.75 Å². The molecule has 0 saturated heterocycles. The number of fused-ring (bicyclic) bond motifs is 1. The lowest BCUT2D eigenvalue weighted by Gasteiger charge is -2.10. The minimum absolute atomic E-state index is 0.0128. The van der Waals surface area contributed by atoms with Crippen molar-refractivity contribution in [1.82, 2.24) is 9.97 Å². The molecule has 2 aromatic heterocycles. The van der Waals surface area contributed by atoms with Gasteiger partial charge in [0.15, 0.2) is 0 Å². The Morgan fingerprint density at radius 3 is 2.50 bits per heavy atom. The molecular weight excluding hydrogens is 347 g/mol. The van der Waals surface area contributed by atoms with Crippen molar-refractivity contribution < 1.29 is 26.3 Å². The summed E-state index contributed by atoms with van der Waals surface area (Å²) >= 11 is 0. The molecule has 0 amide bonds. The van der Waals surface area contributed by atoms with E-state index in [0.29, 0.717) is 11.0 Å². The number of aromatic amines is 1. The number of H-pyrrole nitrogens is 1. The lowest BCUT2D eigenvalue weighted by atomic mass is 10.3. The van der Waals surface area contributed by atoms with Gasteiger partial charge >= 0.3 is 6.36 Å². The number of benzene rings is 1. The summed E-state index contributed by atoms with van der Waals surface area (Å²) in [5.74, 6) is -0.443. The number of nitrogens with zero attached hydrogens (tertiary/aromatic N) is 1. The highest BCUT2D eigenvalue weighted by molar-refractivity contribution is 7.93. The second kappa shape index (κ2) is 5.71. The molecule has 24 heavy (non-hydrogen) atoms. The number of hydrogen-bond acceptors (Lipinski definition) is 4. The maximum absolute atomic E-state index is 12.4. The summed E-state index contributed by atoms with van der Waals surface area (Å²) in [7, 11) is -3.93. The lowest BCUT2D eigenvalue weighted by Crippen LogP contribution is -2.17. The number of pyridine rings is 1. The van der Waals surface area contributed by atoms with E-state index in [1.807, 2.05) is 0 Å². The van der Waals surface area contributed by atoms with Crippen molar-refractivity contribution in [3.63, 3.8) is 0 Å². The molecule has 2 N–H and O–H groups in total. The Hall–Kier alpha value is -2.75. The van der Waals surface area contributed by atoms with Crippen LogP contribution in [0.2, 0.25) is 0 Å². The highest BCUT2D eigenvalue weighted by Gasteiger charge is 2.31. The smallest absolute Gasteiger partial charge is 0.406 e. The van der Waals surface area contributed by atoms with Crippen LogP contribution in [0.1, 0.15) is 0 Å². The Labute approximate surface area is 134 Å². The van der Waals surface area contributed by atoms with E-state index in [9.17, 15) is 21.6 Å². The Balaban J connectivity index is 1.84. The zero-order valence-electron chi connectivity index (χ0n) is 11.8. The number of aromatic nitrogens is 2. The van der Waals surface area contributed by atoms with Crippen LogP contribution in [0.3, 0.4) is 0 Å². The van der Waals surface area contributed by atoms with Crippen molar-refractivity contribution in [1.29, 1.82) is 0 Å². The second-order valence-electron chi connectivity index (χ2n) is 4.73. The third-order valence-corrected chi connectivity index (χ3v) is 4.46. The molecule has 10 heteroatoms. The molecule has 0 saturated carbocycles. The third-order valence-electron chi connectivity index (χ3n) is 3.04. The summed E-state index contributed by atoms with van der Waals surface area (Å²) in [5.41, 5.74) is 0.509. The van der Waals surface area contributed by atoms with Crippen LogP contribution in [0.25, 0.3) is 11.0 Å². The molecule has 126 valence electrons. The molecule has 0 bridgehead atoms. The van der Waals surface area contributed by atoms with Crippen molar-refractivity contribution >= 4 is 26.7 Å². The maximum atomic E-state index is 12.4. The third kappa shape index (κ3) is 3.43. The van der Waals surface area contributed by atoms with E-state index in [2.05, 4.69) is 19.4 Å². The van der Waals surface area contributed by atoms with Crippen molar-refractivity contribution in [2.24, 2.45) is 0 Å². The Morgan fingerprint density at radius 1 is 1.12 bits per heavy atom. The average molecular weight is 357 g/mol. The van der Waals surface area contributed by atoms with E-state index < -0.39 is 22.1 Å². The normalized spacial score (nSPS) is 12.3. The summed E-state index contributed by atoms with van der Waals surface area (Å²) in [6.45, 7) is 0. The van der Waals surface area contributed by atoms with Crippen LogP contribution < -0.4 is 9.46 Å². The fraction of sp³-hybridized carbons (Fsp3) is 0.0714. The molecule has 0 aliphatic rings. The van der Waals surface area contributed by atoms with Crippen LogP contribution in [0.4, 0.5) is 18.9 Å². The van der Waals surface area contributed by atoms with Crippen molar-refractivity contribution in [3.8, 4) is 5.75 Å². The Morgan fingerprint density at radius 2 is 1.83 bits per heavy atom. The van der Waals surface area contributed by atoms with Gasteiger partial charge in [-0.3, -0.25) is 4.72 Å². The van der Waals surface area contributed by atoms with E-state index in [1.165, 1.54) is 24.5 Å². The van der Waals surface area contributed by atoms with Crippen molar-refractivity contribution in [2.45, 2.75) is 11.3 Å². The number of halogens is 3. The second-order valence-corrected chi connectivity index (χ2v) is 6.38. The quantitative estimate of drug-likeness (QED) is 0.751. The standard InChI is InChI=1S/C14H10F3N3O3S/c15-14(16,17)23-10-5-3-9(4-6-10)20-24(21,22)12-8-19-13-11(12)2-1-7-18-13/h1-8,20H,(H,18,19). The first-order valence-electron chi connectivity index (χ1n) is 6.55. The molecule has 1 aromatic carbocycles. The number of nitrogens with one attached hydrogen (secondary N) is 2. The molecular formula is C14H10F3N3O3S. The van der Waals surface area contributed by atoms with Gasteiger partial charge in [0.25, 0.3) is 10.0 Å². The van der Waals surface area contributed by atoms with E-state index >= 15 is 0 Å². The molecule has 3 aromatic rings. The molecule has 0 radical (unpaired) electrons. The number of sulfonamides is 1. The average Bonchev–Trinajstić information content (AvgIpc) is 2.92. The first-order chi connectivity index (χ1) is 11.2. The van der Waals surface area contributed by atoms with Gasteiger partial charge in [-0.25, -0.2) is 13.4 Å². The summed E-state index contributed by atoms with van der Waals surface area (Å²) in [5, 5.41) is 0.405. The summed E-state index contributed by atoms with van der Waals surface area (Å²) in [4.78, 5) is 6.72. The summed E-state index contributed by atoms with van der Waals surface area (Å²) in [6.07, 6.45) is -2.00. The summed E-state index contributed by atoms with van der Waals surface area (Å²) < 4.78 is 67.2. The van der Waals surface area contributed by atoms with Gasteiger partial charge in [0.2, 0.25) is 0 Å². The molecule has 2 heterocycles. The van der Waals surface area contributed by atoms with Gasteiger partial charge < -0.3 is 9.72 Å². The van der Waals surface area contributed by atoms with Gasteiger partial charge in [-0.05, 0) is 36.4 Å². The predicted octanol–water partition coefficient (Wildman–Crippen LogP) is 3.26. The fourth-order valence-corrected chi connectivity index (χ4v) is 3.31. The molecule has 0 atom stereocenters. The predicted molar refractivity (Wildman–Crippen MR) is 80.0 cm³/mol. The van der Waals surface area contributed by atoms with Gasteiger partial charge in [-0.15, -0.1) is 13.2 Å². The van der Waals surface area contributed by atoms with Crippen LogP contribution >= 0.6 is 0 Å². The van der Waals surface area contributed by atoms with Gasteiger partial charge in [0.1, 0.15) is 16.3 Å². The number of ether oxygens (including phenoxy) is 1. The number of anilines is 1. The maximum Gasteiger partial charge on any atom is 0.573 e. The van der Waals surface area contributed by atoms with Crippen LogP contribution in [-0.2, 0) is 10.0 Å². The number of alkyl halides is 3. The van der Waals surface area contributed by atoms with E-state index in [1.54, 1.807) is 12.1 Å². The van der Waals surface area contributed by atoms with Crippen LogP contribution in [0, 0.1) is 0 Å². The van der Waals surface area contributed by atoms with Crippen LogP contribution in [0.15, 0.2) is 53.7 Å². The highest BCUT2D eigenvalue weighted by Crippen LogP contribution is 2.26. The topological polar surface area (TPSA) is 84.1 Å². The van der Waals surface area contributed by atoms with Gasteiger partial charge in [0.05, 0.1) is 0 Å². The molecule has 0 aliphatic carbocycles. The monoisotopic (exact) mass is 357 g/mol. The van der Waals surface area contributed by atoms with E-state index in [0.717, 1.165) is 12.1 Å². The van der Waals surface area contributed by atoms with Gasteiger partial charge in [-0.1, -0.05) is 0 Å². The fourth-order valence-electron chi connectivity index (χ4n) is 2.09. The molecule has 6 nitrogen and oxygen atoms in total. The minimum Gasteiger partial charge on any atom is -0.406 e. The van der Waals surface area contributed by atoms with Crippen molar-refractivity contribution in [2.75, 3.05) is 4.72 Å². The number of hydrogen-bond donors (Lipinski definition) is 2. The molecule has 0 aliphatic heterocycles. The SMILES string of the molecule is O=S(=O)(Nc1ccc(OC(F)(F)F)cc1)c1c[nH]c2ncccc12. The van der Waals surface area contributed by atoms with Crippen molar-refractivity contribution in [3.05, 3.63) is 48.8 Å².